The van der Waals surface area contributed by atoms with Crippen LogP contribution in [0.15, 0.2) is 42.5 Å². The highest BCUT2D eigenvalue weighted by Gasteiger charge is 2.12. The Morgan fingerprint density at radius 3 is 2.75 bits per heavy atom. The second-order valence-electron chi connectivity index (χ2n) is 5.28. The van der Waals surface area contributed by atoms with Crippen LogP contribution in [0.5, 0.6) is 11.5 Å². The lowest BCUT2D eigenvalue weighted by atomic mass is 10.2. The number of nitriles is 1. The van der Waals surface area contributed by atoms with E-state index in [1.165, 1.54) is 0 Å². The van der Waals surface area contributed by atoms with Crippen LogP contribution in [0.1, 0.15) is 12.0 Å². The Hall–Kier alpha value is -3.20. The lowest BCUT2D eigenvalue weighted by Gasteiger charge is -2.19. The van der Waals surface area contributed by atoms with E-state index in [0.717, 1.165) is 5.69 Å². The molecule has 1 amide bonds. The summed E-state index contributed by atoms with van der Waals surface area (Å²) in [7, 11) is 0. The summed E-state index contributed by atoms with van der Waals surface area (Å²) < 4.78 is 10.9. The fourth-order valence-corrected chi connectivity index (χ4v) is 2.36. The van der Waals surface area contributed by atoms with E-state index in [1.54, 1.807) is 36.4 Å². The van der Waals surface area contributed by atoms with E-state index in [4.69, 9.17) is 14.7 Å². The van der Waals surface area contributed by atoms with Crippen LogP contribution in [0, 0.1) is 11.3 Å². The van der Waals surface area contributed by atoms with Crippen molar-refractivity contribution in [3.63, 3.8) is 0 Å². The van der Waals surface area contributed by atoms with Crippen molar-refractivity contribution in [3.05, 3.63) is 48.0 Å². The molecule has 2 aromatic rings. The summed E-state index contributed by atoms with van der Waals surface area (Å²) in [5.74, 6) is 1.24. The minimum absolute atomic E-state index is 0.101. The minimum atomic E-state index is -0.101. The molecule has 0 saturated carbocycles. The van der Waals surface area contributed by atoms with Gasteiger partial charge >= 0.3 is 0 Å². The Bertz CT molecular complexity index is 783. The van der Waals surface area contributed by atoms with Crippen LogP contribution < -0.4 is 20.1 Å². The van der Waals surface area contributed by atoms with Gasteiger partial charge in [0.05, 0.1) is 11.6 Å². The standard InChI is InChI=1S/C18H17N3O3/c19-12-13-2-1-3-14(10-13)20-7-6-18(22)21-15-4-5-16-17(11-15)24-9-8-23-16/h1-5,10-11,20H,6-9H2,(H,21,22). The van der Waals surface area contributed by atoms with Gasteiger partial charge in [0.1, 0.15) is 13.2 Å². The highest BCUT2D eigenvalue weighted by atomic mass is 16.6. The molecule has 3 rings (SSSR count). The molecule has 0 aromatic heterocycles. The molecule has 1 aliphatic rings. The van der Waals surface area contributed by atoms with Gasteiger partial charge in [0, 0.05) is 30.4 Å². The normalized spacial score (nSPS) is 12.1. The van der Waals surface area contributed by atoms with Crippen molar-refractivity contribution in [2.75, 3.05) is 30.4 Å². The SMILES string of the molecule is N#Cc1cccc(NCCC(=O)Nc2ccc3c(c2)OCCO3)c1. The maximum absolute atomic E-state index is 12.0. The summed E-state index contributed by atoms with van der Waals surface area (Å²) in [5, 5.41) is 14.8. The number of carbonyl (C=O) groups excluding carboxylic acids is 1. The molecule has 0 spiro atoms. The number of hydrogen-bond acceptors (Lipinski definition) is 5. The van der Waals surface area contributed by atoms with Crippen LogP contribution in [-0.2, 0) is 4.79 Å². The lowest BCUT2D eigenvalue weighted by Crippen LogP contribution is -2.18. The molecule has 0 radical (unpaired) electrons. The molecular weight excluding hydrogens is 306 g/mol. The van der Waals surface area contributed by atoms with Crippen LogP contribution in [0.2, 0.25) is 0 Å². The van der Waals surface area contributed by atoms with E-state index in [2.05, 4.69) is 16.7 Å². The van der Waals surface area contributed by atoms with Gasteiger partial charge in [-0.1, -0.05) is 6.07 Å². The molecule has 1 aliphatic heterocycles. The van der Waals surface area contributed by atoms with E-state index in [1.807, 2.05) is 6.07 Å². The molecule has 0 fully saturated rings. The number of nitrogens with one attached hydrogen (secondary N) is 2. The third kappa shape index (κ3) is 3.96. The summed E-state index contributed by atoms with van der Waals surface area (Å²) in [4.78, 5) is 12.0. The van der Waals surface area contributed by atoms with Gasteiger partial charge in [-0.2, -0.15) is 5.26 Å². The van der Waals surface area contributed by atoms with E-state index >= 15 is 0 Å². The summed E-state index contributed by atoms with van der Waals surface area (Å²) in [6, 6.07) is 14.6. The first-order valence-electron chi connectivity index (χ1n) is 7.68. The van der Waals surface area contributed by atoms with Crippen LogP contribution in [-0.4, -0.2) is 25.7 Å². The number of rotatable bonds is 5. The van der Waals surface area contributed by atoms with Gasteiger partial charge in [-0.3, -0.25) is 4.79 Å². The Balaban J connectivity index is 1.50. The third-order valence-corrected chi connectivity index (χ3v) is 3.50. The van der Waals surface area contributed by atoms with Crippen molar-refractivity contribution >= 4 is 17.3 Å². The predicted octanol–water partition coefficient (Wildman–Crippen LogP) is 2.77. The average molecular weight is 323 g/mol. The molecule has 0 bridgehead atoms. The molecule has 122 valence electrons. The fourth-order valence-electron chi connectivity index (χ4n) is 2.36. The van der Waals surface area contributed by atoms with Gasteiger partial charge in [-0.05, 0) is 30.3 Å². The number of carbonyl (C=O) groups is 1. The maximum Gasteiger partial charge on any atom is 0.226 e. The number of hydrogen-bond donors (Lipinski definition) is 2. The van der Waals surface area contributed by atoms with Crippen LogP contribution in [0.25, 0.3) is 0 Å². The molecule has 0 saturated heterocycles. The summed E-state index contributed by atoms with van der Waals surface area (Å²) in [6.07, 6.45) is 0.311. The highest BCUT2D eigenvalue weighted by Crippen LogP contribution is 2.32. The first kappa shape index (κ1) is 15.7. The van der Waals surface area contributed by atoms with Gasteiger partial charge in [0.25, 0.3) is 0 Å². The van der Waals surface area contributed by atoms with Crippen LogP contribution in [0.4, 0.5) is 11.4 Å². The smallest absolute Gasteiger partial charge is 0.226 e. The van der Waals surface area contributed by atoms with E-state index in [9.17, 15) is 4.79 Å². The van der Waals surface area contributed by atoms with Crippen molar-refractivity contribution in [1.29, 1.82) is 5.26 Å². The van der Waals surface area contributed by atoms with E-state index in [0.29, 0.717) is 48.9 Å². The summed E-state index contributed by atoms with van der Waals surface area (Å²) >= 11 is 0. The quantitative estimate of drug-likeness (QED) is 0.884. The second kappa shape index (κ2) is 7.38. The zero-order valence-corrected chi connectivity index (χ0v) is 13.0. The van der Waals surface area contributed by atoms with Gasteiger partial charge in [0.2, 0.25) is 5.91 Å². The molecular formula is C18H17N3O3. The molecule has 6 nitrogen and oxygen atoms in total. The number of amides is 1. The Labute approximate surface area is 140 Å². The number of fused-ring (bicyclic) bond motifs is 1. The average Bonchev–Trinajstić information content (AvgIpc) is 2.62. The molecule has 2 aromatic carbocycles. The molecule has 0 aliphatic carbocycles. The first-order chi connectivity index (χ1) is 11.7. The largest absolute Gasteiger partial charge is 0.486 e. The highest BCUT2D eigenvalue weighted by molar-refractivity contribution is 5.91. The van der Waals surface area contributed by atoms with Crippen molar-refractivity contribution < 1.29 is 14.3 Å². The van der Waals surface area contributed by atoms with Gasteiger partial charge in [-0.15, -0.1) is 0 Å². The van der Waals surface area contributed by atoms with E-state index < -0.39 is 0 Å². The summed E-state index contributed by atoms with van der Waals surface area (Å²) in [6.45, 7) is 1.53. The molecule has 1 heterocycles. The zero-order valence-electron chi connectivity index (χ0n) is 13.0. The zero-order chi connectivity index (χ0) is 16.8. The first-order valence-corrected chi connectivity index (χ1v) is 7.68. The number of ether oxygens (including phenoxy) is 2. The molecule has 2 N–H and O–H groups in total. The van der Waals surface area contributed by atoms with Crippen molar-refractivity contribution in [2.24, 2.45) is 0 Å². The monoisotopic (exact) mass is 323 g/mol. The lowest BCUT2D eigenvalue weighted by molar-refractivity contribution is -0.115. The number of anilines is 2. The topological polar surface area (TPSA) is 83.4 Å². The van der Waals surface area contributed by atoms with Crippen molar-refractivity contribution in [2.45, 2.75) is 6.42 Å². The molecule has 0 unspecified atom stereocenters. The number of benzene rings is 2. The predicted molar refractivity (Wildman–Crippen MR) is 90.3 cm³/mol. The fraction of sp³-hybridized carbons (Fsp3) is 0.222. The molecule has 6 heteroatoms. The van der Waals surface area contributed by atoms with Crippen LogP contribution in [0.3, 0.4) is 0 Å². The Morgan fingerprint density at radius 2 is 1.92 bits per heavy atom. The van der Waals surface area contributed by atoms with Gasteiger partial charge in [-0.25, -0.2) is 0 Å². The molecule has 24 heavy (non-hydrogen) atoms. The van der Waals surface area contributed by atoms with Gasteiger partial charge < -0.3 is 20.1 Å². The number of nitrogens with zero attached hydrogens (tertiary/aromatic N) is 1. The van der Waals surface area contributed by atoms with E-state index in [-0.39, 0.29) is 5.91 Å². The van der Waals surface area contributed by atoms with Gasteiger partial charge in [0.15, 0.2) is 11.5 Å². The second-order valence-corrected chi connectivity index (χ2v) is 5.28. The Morgan fingerprint density at radius 1 is 1.08 bits per heavy atom. The summed E-state index contributed by atoms with van der Waals surface area (Å²) in [5.41, 5.74) is 2.08. The maximum atomic E-state index is 12.0. The Kier molecular flexibility index (Phi) is 4.82. The molecule has 0 atom stereocenters. The minimum Gasteiger partial charge on any atom is -0.486 e. The third-order valence-electron chi connectivity index (χ3n) is 3.50. The van der Waals surface area contributed by atoms with Crippen molar-refractivity contribution in [3.8, 4) is 17.6 Å². The van der Waals surface area contributed by atoms with Crippen molar-refractivity contribution in [1.82, 2.24) is 0 Å². The van der Waals surface area contributed by atoms with Crippen LogP contribution >= 0.6 is 0 Å².